The molecule has 5 nitrogen and oxygen atoms in total. The van der Waals surface area contributed by atoms with Gasteiger partial charge in [-0.15, -0.1) is 0 Å². The highest BCUT2D eigenvalue weighted by Crippen LogP contribution is 2.34. The van der Waals surface area contributed by atoms with E-state index in [1.807, 2.05) is 32.0 Å². The Hall–Kier alpha value is -3.16. The standard InChI is InChI=1S/C21H18F3N3O2/c1-12-3-8-17(9-13(12)2)27-11-15(10-18(27)28)20-25-19(26-29-20)14-4-6-16(7-5-14)21(22,23)24/h3-9,15H,10-11H2,1-2H3/t15-/m1/s1. The summed E-state index contributed by atoms with van der Waals surface area (Å²) in [5.41, 5.74) is 2.75. The lowest BCUT2D eigenvalue weighted by Gasteiger charge is -2.17. The Morgan fingerprint density at radius 3 is 2.45 bits per heavy atom. The number of carbonyl (C=O) groups is 1. The SMILES string of the molecule is Cc1ccc(N2C[C@H](c3nc(-c4ccc(C(F)(F)F)cc4)no3)CC2=O)cc1C. The Balaban J connectivity index is 1.52. The minimum Gasteiger partial charge on any atom is -0.339 e. The van der Waals surface area contributed by atoms with E-state index in [9.17, 15) is 18.0 Å². The zero-order valence-electron chi connectivity index (χ0n) is 15.8. The Morgan fingerprint density at radius 1 is 1.07 bits per heavy atom. The molecule has 0 N–H and O–H groups in total. The maximum absolute atomic E-state index is 12.7. The molecule has 29 heavy (non-hydrogen) atoms. The number of hydrogen-bond donors (Lipinski definition) is 0. The van der Waals surface area contributed by atoms with Crippen LogP contribution in [-0.2, 0) is 11.0 Å². The Morgan fingerprint density at radius 2 is 1.79 bits per heavy atom. The van der Waals surface area contributed by atoms with E-state index in [0.717, 1.165) is 28.9 Å². The van der Waals surface area contributed by atoms with Gasteiger partial charge in [0, 0.05) is 24.2 Å². The van der Waals surface area contributed by atoms with Gasteiger partial charge in [0.1, 0.15) is 0 Å². The molecule has 2 heterocycles. The smallest absolute Gasteiger partial charge is 0.339 e. The zero-order valence-corrected chi connectivity index (χ0v) is 15.8. The molecule has 0 radical (unpaired) electrons. The molecule has 8 heteroatoms. The van der Waals surface area contributed by atoms with Gasteiger partial charge in [-0.25, -0.2) is 0 Å². The topological polar surface area (TPSA) is 59.2 Å². The van der Waals surface area contributed by atoms with E-state index in [1.165, 1.54) is 12.1 Å². The molecule has 1 aromatic heterocycles. The third-order valence-corrected chi connectivity index (χ3v) is 5.19. The summed E-state index contributed by atoms with van der Waals surface area (Å²) in [6, 6.07) is 10.4. The normalized spacial score (nSPS) is 17.2. The highest BCUT2D eigenvalue weighted by Gasteiger charge is 2.35. The molecule has 1 aliphatic heterocycles. The van der Waals surface area contributed by atoms with Gasteiger partial charge < -0.3 is 9.42 Å². The predicted octanol–water partition coefficient (Wildman–Crippen LogP) is 4.89. The molecule has 1 amide bonds. The molecule has 150 valence electrons. The lowest BCUT2D eigenvalue weighted by Crippen LogP contribution is -2.24. The maximum Gasteiger partial charge on any atom is 0.416 e. The lowest BCUT2D eigenvalue weighted by molar-refractivity contribution is -0.137. The summed E-state index contributed by atoms with van der Waals surface area (Å²) in [6.07, 6.45) is -4.16. The molecule has 1 aliphatic rings. The predicted molar refractivity (Wildman–Crippen MR) is 100 cm³/mol. The number of amides is 1. The van der Waals surface area contributed by atoms with Crippen LogP contribution in [0.5, 0.6) is 0 Å². The van der Waals surface area contributed by atoms with Gasteiger partial charge in [0.25, 0.3) is 0 Å². The van der Waals surface area contributed by atoms with Crippen molar-refractivity contribution in [2.75, 3.05) is 11.4 Å². The van der Waals surface area contributed by atoms with Crippen molar-refractivity contribution in [2.45, 2.75) is 32.4 Å². The van der Waals surface area contributed by atoms with E-state index in [1.54, 1.807) is 4.90 Å². The number of rotatable bonds is 3. The molecule has 0 bridgehead atoms. The van der Waals surface area contributed by atoms with Crippen molar-refractivity contribution in [1.29, 1.82) is 0 Å². The number of aromatic nitrogens is 2. The second-order valence-corrected chi connectivity index (χ2v) is 7.21. The lowest BCUT2D eigenvalue weighted by atomic mass is 10.1. The van der Waals surface area contributed by atoms with Crippen LogP contribution in [-0.4, -0.2) is 22.6 Å². The summed E-state index contributed by atoms with van der Waals surface area (Å²) >= 11 is 0. The van der Waals surface area contributed by atoms with Crippen LogP contribution in [0.25, 0.3) is 11.4 Å². The summed E-state index contributed by atoms with van der Waals surface area (Å²) in [4.78, 5) is 18.5. The van der Waals surface area contributed by atoms with Crippen LogP contribution in [0.1, 0.15) is 34.9 Å². The molecule has 3 aromatic rings. The average molecular weight is 401 g/mol. The molecule has 1 saturated heterocycles. The number of carbonyl (C=O) groups excluding carboxylic acids is 1. The fourth-order valence-electron chi connectivity index (χ4n) is 3.34. The molecule has 0 spiro atoms. The van der Waals surface area contributed by atoms with E-state index in [0.29, 0.717) is 18.0 Å². The van der Waals surface area contributed by atoms with Crippen LogP contribution in [0, 0.1) is 13.8 Å². The van der Waals surface area contributed by atoms with E-state index < -0.39 is 11.7 Å². The highest BCUT2D eigenvalue weighted by molar-refractivity contribution is 5.96. The summed E-state index contributed by atoms with van der Waals surface area (Å²) in [6.45, 7) is 4.41. The first kappa shape index (κ1) is 19.2. The second kappa shape index (κ2) is 7.02. The quantitative estimate of drug-likeness (QED) is 0.627. The van der Waals surface area contributed by atoms with Gasteiger partial charge in [0.15, 0.2) is 0 Å². The van der Waals surface area contributed by atoms with Crippen molar-refractivity contribution in [2.24, 2.45) is 0 Å². The monoisotopic (exact) mass is 401 g/mol. The van der Waals surface area contributed by atoms with Crippen molar-refractivity contribution in [1.82, 2.24) is 10.1 Å². The number of halogens is 3. The molecular formula is C21H18F3N3O2. The van der Waals surface area contributed by atoms with Crippen LogP contribution in [0.4, 0.5) is 18.9 Å². The minimum absolute atomic E-state index is 0.0347. The van der Waals surface area contributed by atoms with E-state index in [4.69, 9.17) is 4.52 Å². The van der Waals surface area contributed by atoms with Crippen molar-refractivity contribution >= 4 is 11.6 Å². The molecule has 0 aliphatic carbocycles. The Labute approximate surface area is 165 Å². The zero-order chi connectivity index (χ0) is 20.8. The number of nitrogens with zero attached hydrogens (tertiary/aromatic N) is 3. The fourth-order valence-corrected chi connectivity index (χ4v) is 3.34. The van der Waals surface area contributed by atoms with Gasteiger partial charge in [0.2, 0.25) is 17.6 Å². The van der Waals surface area contributed by atoms with Gasteiger partial charge in [-0.1, -0.05) is 23.4 Å². The van der Waals surface area contributed by atoms with Gasteiger partial charge in [-0.2, -0.15) is 18.2 Å². The van der Waals surface area contributed by atoms with Crippen LogP contribution < -0.4 is 4.90 Å². The van der Waals surface area contributed by atoms with Crippen LogP contribution in [0.3, 0.4) is 0 Å². The molecular weight excluding hydrogens is 383 g/mol. The Kier molecular flexibility index (Phi) is 4.64. The third-order valence-electron chi connectivity index (χ3n) is 5.19. The molecule has 1 atom stereocenters. The summed E-state index contributed by atoms with van der Waals surface area (Å²) in [5, 5.41) is 3.87. The molecule has 4 rings (SSSR count). The van der Waals surface area contributed by atoms with Crippen molar-refractivity contribution in [3.8, 4) is 11.4 Å². The van der Waals surface area contributed by atoms with Crippen LogP contribution in [0.2, 0.25) is 0 Å². The highest BCUT2D eigenvalue weighted by atomic mass is 19.4. The van der Waals surface area contributed by atoms with Crippen molar-refractivity contribution in [3.63, 3.8) is 0 Å². The third kappa shape index (κ3) is 3.74. The first-order valence-electron chi connectivity index (χ1n) is 9.11. The van der Waals surface area contributed by atoms with Gasteiger partial charge in [-0.3, -0.25) is 4.79 Å². The van der Waals surface area contributed by atoms with E-state index >= 15 is 0 Å². The minimum atomic E-state index is -4.40. The largest absolute Gasteiger partial charge is 0.416 e. The van der Waals surface area contributed by atoms with Crippen LogP contribution in [0.15, 0.2) is 47.0 Å². The molecule has 0 saturated carbocycles. The maximum atomic E-state index is 12.7. The van der Waals surface area contributed by atoms with Gasteiger partial charge in [-0.05, 0) is 49.2 Å². The van der Waals surface area contributed by atoms with Gasteiger partial charge >= 0.3 is 6.18 Å². The van der Waals surface area contributed by atoms with Crippen molar-refractivity contribution in [3.05, 3.63) is 65.0 Å². The number of aryl methyl sites for hydroxylation is 2. The number of benzene rings is 2. The average Bonchev–Trinajstić information content (AvgIpc) is 3.30. The number of anilines is 1. The van der Waals surface area contributed by atoms with Gasteiger partial charge in [0.05, 0.1) is 11.5 Å². The van der Waals surface area contributed by atoms with E-state index in [2.05, 4.69) is 10.1 Å². The number of alkyl halides is 3. The first-order valence-corrected chi connectivity index (χ1v) is 9.11. The summed E-state index contributed by atoms with van der Waals surface area (Å²) in [7, 11) is 0. The molecule has 0 unspecified atom stereocenters. The second-order valence-electron chi connectivity index (χ2n) is 7.21. The number of hydrogen-bond acceptors (Lipinski definition) is 4. The Bertz CT molecular complexity index is 1060. The fraction of sp³-hybridized carbons (Fsp3) is 0.286. The summed E-state index contributed by atoms with van der Waals surface area (Å²) < 4.78 is 43.4. The first-order chi connectivity index (χ1) is 13.7. The van der Waals surface area contributed by atoms with Crippen LogP contribution >= 0.6 is 0 Å². The van der Waals surface area contributed by atoms with E-state index in [-0.39, 0.29) is 24.1 Å². The summed E-state index contributed by atoms with van der Waals surface area (Å²) in [5.74, 6) is 0.206. The van der Waals surface area contributed by atoms with Crippen molar-refractivity contribution < 1.29 is 22.5 Å². The molecule has 2 aromatic carbocycles. The molecule has 1 fully saturated rings.